The van der Waals surface area contributed by atoms with Crippen molar-refractivity contribution in [3.8, 4) is 0 Å². The predicted octanol–water partition coefficient (Wildman–Crippen LogP) is 3.75. The van der Waals surface area contributed by atoms with Gasteiger partial charge in [0.2, 0.25) is 5.91 Å². The van der Waals surface area contributed by atoms with Crippen LogP contribution in [-0.2, 0) is 4.79 Å². The van der Waals surface area contributed by atoms with E-state index in [-0.39, 0.29) is 24.2 Å². The molecule has 0 spiro atoms. The molecule has 2 aromatic rings. The van der Waals surface area contributed by atoms with Crippen LogP contribution < -0.4 is 16.0 Å². The second-order valence-electron chi connectivity index (χ2n) is 5.96. The van der Waals surface area contributed by atoms with E-state index in [1.54, 1.807) is 12.1 Å². The minimum atomic E-state index is -0.136. The number of nitrogens with one attached hydrogen (secondary N) is 3. The Morgan fingerprint density at radius 3 is 2.48 bits per heavy atom. The van der Waals surface area contributed by atoms with Gasteiger partial charge in [-0.1, -0.05) is 12.1 Å². The molecule has 0 atom stereocenters. The topological polar surface area (TPSA) is 70.2 Å². The number of halogens is 1. The monoisotopic (exact) mass is 379 g/mol. The average Bonchev–Trinajstić information content (AvgIpc) is 3.10. The second kappa shape index (κ2) is 9.56. The lowest BCUT2D eigenvalue weighted by atomic mass is 9.94. The van der Waals surface area contributed by atoms with Crippen LogP contribution in [0.15, 0.2) is 41.8 Å². The van der Waals surface area contributed by atoms with Gasteiger partial charge in [0, 0.05) is 17.8 Å². The van der Waals surface area contributed by atoms with Gasteiger partial charge in [-0.05, 0) is 61.5 Å². The maximum Gasteiger partial charge on any atom is 0.265 e. The lowest BCUT2D eigenvalue weighted by molar-refractivity contribution is -0.117. The van der Waals surface area contributed by atoms with Crippen LogP contribution in [0.4, 0.5) is 11.4 Å². The molecule has 5 nitrogen and oxygen atoms in total. The van der Waals surface area contributed by atoms with Gasteiger partial charge < -0.3 is 16.0 Å². The number of hydrogen-bond donors (Lipinski definition) is 3. The lowest BCUT2D eigenvalue weighted by Crippen LogP contribution is -2.30. The standard InChI is InChI=1S/C18H21N3O2S.ClH/c22-17(11-13-6-8-19-9-7-13)20-14-3-1-4-15(12-14)21-18(23)16-5-2-10-24-16;/h1-5,10,12-13,19H,6-9,11H2,(H,20,22)(H,21,23);1H. The molecule has 1 fully saturated rings. The van der Waals surface area contributed by atoms with Crippen LogP contribution in [0.2, 0.25) is 0 Å². The molecule has 7 heteroatoms. The highest BCUT2D eigenvalue weighted by Crippen LogP contribution is 2.20. The first-order valence-corrected chi connectivity index (χ1v) is 9.04. The summed E-state index contributed by atoms with van der Waals surface area (Å²) in [5.41, 5.74) is 1.38. The van der Waals surface area contributed by atoms with Gasteiger partial charge in [-0.25, -0.2) is 0 Å². The highest BCUT2D eigenvalue weighted by Gasteiger charge is 2.17. The summed E-state index contributed by atoms with van der Waals surface area (Å²) >= 11 is 1.40. The van der Waals surface area contributed by atoms with Crippen molar-refractivity contribution in [2.24, 2.45) is 5.92 Å². The zero-order valence-corrected chi connectivity index (χ0v) is 15.4. The third-order valence-corrected chi connectivity index (χ3v) is 4.95. The Kier molecular flexibility index (Phi) is 7.43. The van der Waals surface area contributed by atoms with E-state index in [0.717, 1.165) is 25.9 Å². The smallest absolute Gasteiger partial charge is 0.265 e. The Labute approximate surface area is 157 Å². The van der Waals surface area contributed by atoms with Gasteiger partial charge in [-0.15, -0.1) is 23.7 Å². The molecule has 2 amide bonds. The molecule has 0 bridgehead atoms. The van der Waals surface area contributed by atoms with E-state index in [1.807, 2.05) is 29.6 Å². The van der Waals surface area contributed by atoms with Crippen molar-refractivity contribution in [1.29, 1.82) is 0 Å². The van der Waals surface area contributed by atoms with Crippen molar-refractivity contribution in [1.82, 2.24) is 5.32 Å². The zero-order valence-electron chi connectivity index (χ0n) is 13.8. The summed E-state index contributed by atoms with van der Waals surface area (Å²) < 4.78 is 0. The van der Waals surface area contributed by atoms with Crippen molar-refractivity contribution in [2.75, 3.05) is 23.7 Å². The zero-order chi connectivity index (χ0) is 16.8. The summed E-state index contributed by atoms with van der Waals surface area (Å²) in [5.74, 6) is 0.347. The summed E-state index contributed by atoms with van der Waals surface area (Å²) in [4.78, 5) is 24.9. The Balaban J connectivity index is 0.00000225. The SMILES string of the molecule is Cl.O=C(CC1CCNCC1)Nc1cccc(NC(=O)c2cccs2)c1. The van der Waals surface area contributed by atoms with Gasteiger partial charge in [-0.3, -0.25) is 9.59 Å². The molecule has 0 aliphatic carbocycles. The molecule has 1 aromatic heterocycles. The number of piperidine rings is 1. The van der Waals surface area contributed by atoms with Crippen LogP contribution >= 0.6 is 23.7 Å². The van der Waals surface area contributed by atoms with Crippen molar-refractivity contribution >= 4 is 46.9 Å². The molecule has 1 aromatic carbocycles. The largest absolute Gasteiger partial charge is 0.326 e. The van der Waals surface area contributed by atoms with E-state index >= 15 is 0 Å². The molecule has 0 saturated carbocycles. The Hall–Kier alpha value is -1.89. The fourth-order valence-electron chi connectivity index (χ4n) is 2.84. The van der Waals surface area contributed by atoms with Crippen LogP contribution in [0.3, 0.4) is 0 Å². The molecule has 0 unspecified atom stereocenters. The molecule has 2 heterocycles. The minimum Gasteiger partial charge on any atom is -0.326 e. The molecule has 1 aliphatic heterocycles. The maximum absolute atomic E-state index is 12.2. The van der Waals surface area contributed by atoms with E-state index < -0.39 is 0 Å². The molecule has 3 rings (SSSR count). The Bertz CT molecular complexity index is 700. The molecule has 1 aliphatic rings. The van der Waals surface area contributed by atoms with Gasteiger partial charge in [0.1, 0.15) is 0 Å². The molecular formula is C18H22ClN3O2S. The molecule has 0 radical (unpaired) electrons. The van der Waals surface area contributed by atoms with E-state index in [4.69, 9.17) is 0 Å². The van der Waals surface area contributed by atoms with Crippen molar-refractivity contribution < 1.29 is 9.59 Å². The number of benzene rings is 1. The molecular weight excluding hydrogens is 358 g/mol. The fraction of sp³-hybridized carbons (Fsp3) is 0.333. The van der Waals surface area contributed by atoms with E-state index in [9.17, 15) is 9.59 Å². The van der Waals surface area contributed by atoms with Crippen LogP contribution in [0.25, 0.3) is 0 Å². The highest BCUT2D eigenvalue weighted by molar-refractivity contribution is 7.12. The maximum atomic E-state index is 12.2. The van der Waals surface area contributed by atoms with Crippen molar-refractivity contribution in [2.45, 2.75) is 19.3 Å². The summed E-state index contributed by atoms with van der Waals surface area (Å²) in [6.07, 6.45) is 2.64. The van der Waals surface area contributed by atoms with Crippen LogP contribution in [0.1, 0.15) is 28.9 Å². The predicted molar refractivity (Wildman–Crippen MR) is 105 cm³/mol. The number of amides is 2. The quantitative estimate of drug-likeness (QED) is 0.740. The average molecular weight is 380 g/mol. The Morgan fingerprint density at radius 1 is 1.08 bits per heavy atom. The number of anilines is 2. The third-order valence-electron chi connectivity index (χ3n) is 4.08. The van der Waals surface area contributed by atoms with Gasteiger partial charge in [0.15, 0.2) is 0 Å². The Morgan fingerprint density at radius 2 is 1.80 bits per heavy atom. The summed E-state index contributed by atoms with van der Waals surface area (Å²) in [6.45, 7) is 1.98. The first-order chi connectivity index (χ1) is 11.7. The van der Waals surface area contributed by atoms with Crippen molar-refractivity contribution in [3.63, 3.8) is 0 Å². The minimum absolute atomic E-state index is 0. The van der Waals surface area contributed by atoms with Gasteiger partial charge in [0.05, 0.1) is 4.88 Å². The normalized spacial score (nSPS) is 14.4. The lowest BCUT2D eigenvalue weighted by Gasteiger charge is -2.22. The highest BCUT2D eigenvalue weighted by atomic mass is 35.5. The fourth-order valence-corrected chi connectivity index (χ4v) is 3.45. The van der Waals surface area contributed by atoms with Gasteiger partial charge in [0.25, 0.3) is 5.91 Å². The molecule has 25 heavy (non-hydrogen) atoms. The number of hydrogen-bond acceptors (Lipinski definition) is 4. The van der Waals surface area contributed by atoms with Crippen LogP contribution in [0, 0.1) is 5.92 Å². The van der Waals surface area contributed by atoms with Crippen molar-refractivity contribution in [3.05, 3.63) is 46.7 Å². The van der Waals surface area contributed by atoms with Crippen LogP contribution in [0.5, 0.6) is 0 Å². The second-order valence-corrected chi connectivity index (χ2v) is 6.91. The molecule has 134 valence electrons. The summed E-state index contributed by atoms with van der Waals surface area (Å²) in [6, 6.07) is 10.9. The van der Waals surface area contributed by atoms with Gasteiger partial charge in [-0.2, -0.15) is 0 Å². The first kappa shape index (κ1) is 19.4. The van der Waals surface area contributed by atoms with E-state index in [0.29, 0.717) is 28.6 Å². The summed E-state index contributed by atoms with van der Waals surface area (Å²) in [7, 11) is 0. The summed E-state index contributed by atoms with van der Waals surface area (Å²) in [5, 5.41) is 11.0. The van der Waals surface area contributed by atoms with Gasteiger partial charge >= 0.3 is 0 Å². The number of carbonyl (C=O) groups excluding carboxylic acids is 2. The molecule has 1 saturated heterocycles. The third kappa shape index (κ3) is 5.85. The van der Waals surface area contributed by atoms with Crippen LogP contribution in [-0.4, -0.2) is 24.9 Å². The van der Waals surface area contributed by atoms with E-state index in [2.05, 4.69) is 16.0 Å². The number of thiophene rings is 1. The molecule has 3 N–H and O–H groups in total. The van der Waals surface area contributed by atoms with E-state index in [1.165, 1.54) is 11.3 Å². The first-order valence-electron chi connectivity index (χ1n) is 8.16. The number of rotatable bonds is 5. The number of carbonyl (C=O) groups is 2.